The Hall–Kier alpha value is -2.40. The van der Waals surface area contributed by atoms with E-state index in [1.165, 1.54) is 24.3 Å². The molecule has 6 heteroatoms. The predicted molar refractivity (Wildman–Crippen MR) is 94.9 cm³/mol. The van der Waals surface area contributed by atoms with Gasteiger partial charge in [0, 0.05) is 30.2 Å². The highest BCUT2D eigenvalue weighted by molar-refractivity contribution is 6.30. The quantitative estimate of drug-likeness (QED) is 0.887. The lowest BCUT2D eigenvalue weighted by Crippen LogP contribution is -2.30. The number of benzene rings is 2. The summed E-state index contributed by atoms with van der Waals surface area (Å²) < 4.78 is 12.9. The first kappa shape index (κ1) is 17.4. The summed E-state index contributed by atoms with van der Waals surface area (Å²) in [5.41, 5.74) is 1.58. The topological polar surface area (TPSA) is 49.4 Å². The summed E-state index contributed by atoms with van der Waals surface area (Å²) in [5.74, 6) is -0.996. The van der Waals surface area contributed by atoms with Crippen LogP contribution >= 0.6 is 11.6 Å². The van der Waals surface area contributed by atoms with Crippen LogP contribution in [-0.2, 0) is 16.0 Å². The molecule has 4 nitrogen and oxygen atoms in total. The first-order valence-electron chi connectivity index (χ1n) is 8.10. The number of anilines is 1. The molecule has 2 amide bonds. The normalized spacial score (nSPS) is 17.0. The number of hydrogen-bond donors (Lipinski definition) is 1. The maximum atomic E-state index is 12.9. The molecular formula is C19H18ClFN2O2. The van der Waals surface area contributed by atoms with Gasteiger partial charge in [0.1, 0.15) is 5.82 Å². The summed E-state index contributed by atoms with van der Waals surface area (Å²) in [6, 6.07) is 13.1. The minimum Gasteiger partial charge on any atom is -0.342 e. The Balaban J connectivity index is 1.54. The molecule has 3 rings (SSSR count). The van der Waals surface area contributed by atoms with Crippen LogP contribution in [0.2, 0.25) is 5.02 Å². The Morgan fingerprint density at radius 3 is 2.72 bits per heavy atom. The van der Waals surface area contributed by atoms with Gasteiger partial charge in [0.25, 0.3) is 0 Å². The van der Waals surface area contributed by atoms with Gasteiger partial charge in [-0.15, -0.1) is 0 Å². The standard InChI is InChI=1S/C19H18ClFN2O2/c20-15-3-1-2-13(10-15)8-9-23-12-14(11-18(23)24)19(25)22-17-6-4-16(21)5-7-17/h1-7,10,14H,8-9,11-12H2,(H,22,25). The fraction of sp³-hybridized carbons (Fsp3) is 0.263. The lowest BCUT2D eigenvalue weighted by molar-refractivity contribution is -0.128. The largest absolute Gasteiger partial charge is 0.342 e. The molecule has 2 aromatic carbocycles. The number of nitrogens with one attached hydrogen (secondary N) is 1. The molecule has 0 aliphatic carbocycles. The maximum absolute atomic E-state index is 12.9. The first-order valence-corrected chi connectivity index (χ1v) is 8.48. The zero-order valence-electron chi connectivity index (χ0n) is 13.5. The summed E-state index contributed by atoms with van der Waals surface area (Å²) in [5, 5.41) is 3.40. The Bertz CT molecular complexity index is 779. The van der Waals surface area contributed by atoms with E-state index in [1.54, 1.807) is 4.90 Å². The molecule has 1 aliphatic rings. The van der Waals surface area contributed by atoms with Crippen LogP contribution in [0.3, 0.4) is 0 Å². The first-order chi connectivity index (χ1) is 12.0. The van der Waals surface area contributed by atoms with Crippen LogP contribution in [0.4, 0.5) is 10.1 Å². The third-order valence-electron chi connectivity index (χ3n) is 4.26. The number of hydrogen-bond acceptors (Lipinski definition) is 2. The number of amides is 2. The van der Waals surface area contributed by atoms with Crippen molar-refractivity contribution in [2.24, 2.45) is 5.92 Å². The Kier molecular flexibility index (Phi) is 5.34. The SMILES string of the molecule is O=C(Nc1ccc(F)cc1)C1CC(=O)N(CCc2cccc(Cl)c2)C1. The second-order valence-corrected chi connectivity index (χ2v) is 6.55. The second-order valence-electron chi connectivity index (χ2n) is 6.12. The zero-order chi connectivity index (χ0) is 17.8. The van der Waals surface area contributed by atoms with Crippen LogP contribution in [0.15, 0.2) is 48.5 Å². The Morgan fingerprint density at radius 1 is 1.24 bits per heavy atom. The number of nitrogens with zero attached hydrogens (tertiary/aromatic N) is 1. The smallest absolute Gasteiger partial charge is 0.229 e. The summed E-state index contributed by atoms with van der Waals surface area (Å²) in [6.07, 6.45) is 0.890. The third kappa shape index (κ3) is 4.57. The van der Waals surface area contributed by atoms with E-state index >= 15 is 0 Å². The molecule has 0 spiro atoms. The van der Waals surface area contributed by atoms with Crippen molar-refractivity contribution in [2.45, 2.75) is 12.8 Å². The molecule has 130 valence electrons. The highest BCUT2D eigenvalue weighted by atomic mass is 35.5. The van der Waals surface area contributed by atoms with E-state index in [4.69, 9.17) is 11.6 Å². The molecule has 0 aromatic heterocycles. The highest BCUT2D eigenvalue weighted by Gasteiger charge is 2.33. The minimum atomic E-state index is -0.392. The molecule has 1 fully saturated rings. The molecule has 1 saturated heterocycles. The van der Waals surface area contributed by atoms with Crippen LogP contribution in [0.25, 0.3) is 0 Å². The zero-order valence-corrected chi connectivity index (χ0v) is 14.3. The third-order valence-corrected chi connectivity index (χ3v) is 4.49. The van der Waals surface area contributed by atoms with Gasteiger partial charge >= 0.3 is 0 Å². The number of rotatable bonds is 5. The van der Waals surface area contributed by atoms with E-state index in [9.17, 15) is 14.0 Å². The molecule has 0 radical (unpaired) electrons. The van der Waals surface area contributed by atoms with Crippen molar-refractivity contribution in [3.05, 3.63) is 64.9 Å². The lowest BCUT2D eigenvalue weighted by atomic mass is 10.1. The maximum Gasteiger partial charge on any atom is 0.229 e. The van der Waals surface area contributed by atoms with Crippen molar-refractivity contribution < 1.29 is 14.0 Å². The van der Waals surface area contributed by atoms with Crippen LogP contribution in [0, 0.1) is 11.7 Å². The number of carbonyl (C=O) groups is 2. The summed E-state index contributed by atoms with van der Waals surface area (Å²) in [6.45, 7) is 0.950. The predicted octanol–water partition coefficient (Wildman–Crippen LogP) is 3.51. The van der Waals surface area contributed by atoms with Gasteiger partial charge in [0.15, 0.2) is 0 Å². The van der Waals surface area contributed by atoms with E-state index in [2.05, 4.69) is 5.32 Å². The van der Waals surface area contributed by atoms with Gasteiger partial charge < -0.3 is 10.2 Å². The van der Waals surface area contributed by atoms with Gasteiger partial charge in [-0.25, -0.2) is 4.39 Å². The average molecular weight is 361 g/mol. The van der Waals surface area contributed by atoms with Gasteiger partial charge in [-0.1, -0.05) is 23.7 Å². The van der Waals surface area contributed by atoms with Gasteiger partial charge in [0.2, 0.25) is 11.8 Å². The van der Waals surface area contributed by atoms with E-state index in [0.717, 1.165) is 5.56 Å². The van der Waals surface area contributed by atoms with Gasteiger partial charge in [0.05, 0.1) is 5.92 Å². The fourth-order valence-electron chi connectivity index (χ4n) is 2.90. The van der Waals surface area contributed by atoms with E-state index < -0.39 is 5.92 Å². The molecule has 2 aromatic rings. The van der Waals surface area contributed by atoms with Crippen molar-refractivity contribution in [1.82, 2.24) is 4.90 Å². The Morgan fingerprint density at radius 2 is 2.00 bits per heavy atom. The van der Waals surface area contributed by atoms with Crippen LogP contribution in [0.5, 0.6) is 0 Å². The van der Waals surface area contributed by atoms with E-state index in [0.29, 0.717) is 30.2 Å². The molecule has 1 heterocycles. The Labute approximate surface area is 150 Å². The van der Waals surface area contributed by atoms with Crippen LogP contribution in [-0.4, -0.2) is 29.8 Å². The highest BCUT2D eigenvalue weighted by Crippen LogP contribution is 2.21. The molecule has 1 atom stereocenters. The number of likely N-dealkylation sites (tertiary alicyclic amines) is 1. The summed E-state index contributed by atoms with van der Waals surface area (Å²) in [4.78, 5) is 26.2. The van der Waals surface area contributed by atoms with Gasteiger partial charge in [-0.2, -0.15) is 0 Å². The van der Waals surface area contributed by atoms with E-state index in [-0.39, 0.29) is 24.1 Å². The molecule has 1 aliphatic heterocycles. The van der Waals surface area contributed by atoms with E-state index in [1.807, 2.05) is 24.3 Å². The minimum absolute atomic E-state index is 0.0266. The molecule has 0 saturated carbocycles. The monoisotopic (exact) mass is 360 g/mol. The fourth-order valence-corrected chi connectivity index (χ4v) is 3.11. The van der Waals surface area contributed by atoms with Crippen molar-refractivity contribution in [1.29, 1.82) is 0 Å². The second kappa shape index (κ2) is 7.66. The summed E-state index contributed by atoms with van der Waals surface area (Å²) in [7, 11) is 0. The van der Waals surface area contributed by atoms with Gasteiger partial charge in [-0.3, -0.25) is 9.59 Å². The number of carbonyl (C=O) groups excluding carboxylic acids is 2. The molecule has 25 heavy (non-hydrogen) atoms. The van der Waals surface area contributed by atoms with Gasteiger partial charge in [-0.05, 0) is 48.4 Å². The average Bonchev–Trinajstić information content (AvgIpc) is 2.96. The molecule has 1 N–H and O–H groups in total. The van der Waals surface area contributed by atoms with Crippen molar-refractivity contribution >= 4 is 29.1 Å². The number of halogens is 2. The lowest BCUT2D eigenvalue weighted by Gasteiger charge is -2.16. The summed E-state index contributed by atoms with van der Waals surface area (Å²) >= 11 is 5.96. The molecule has 1 unspecified atom stereocenters. The van der Waals surface area contributed by atoms with Crippen molar-refractivity contribution in [3.8, 4) is 0 Å². The molecule has 0 bridgehead atoms. The van der Waals surface area contributed by atoms with Crippen LogP contribution < -0.4 is 5.32 Å². The van der Waals surface area contributed by atoms with Crippen molar-refractivity contribution in [2.75, 3.05) is 18.4 Å². The molecular weight excluding hydrogens is 343 g/mol. The van der Waals surface area contributed by atoms with Crippen molar-refractivity contribution in [3.63, 3.8) is 0 Å². The van der Waals surface area contributed by atoms with Crippen LogP contribution in [0.1, 0.15) is 12.0 Å².